The SMILES string of the molecule is C=C(C)C(=O)OCC(=O)OC[C@H]1O[C@H]2OC3(CCC3)O[C@@H]2[C@H]2OC3(CCC3)O[C@H]21. The summed E-state index contributed by atoms with van der Waals surface area (Å²) in [6.45, 7) is 4.44. The lowest BCUT2D eigenvalue weighted by Crippen LogP contribution is -2.56. The molecule has 0 N–H and O–H groups in total. The van der Waals surface area contributed by atoms with Gasteiger partial charge in [0.25, 0.3) is 0 Å². The minimum Gasteiger partial charge on any atom is -0.460 e. The van der Waals surface area contributed by atoms with Crippen LogP contribution in [-0.2, 0) is 42.7 Å². The maximum atomic E-state index is 12.0. The molecule has 2 spiro atoms. The highest BCUT2D eigenvalue weighted by Crippen LogP contribution is 2.53. The number of carbonyl (C=O) groups excluding carboxylic acids is 2. The lowest BCUT2D eigenvalue weighted by atomic mass is 9.91. The van der Waals surface area contributed by atoms with Gasteiger partial charge in [0.15, 0.2) is 24.5 Å². The largest absolute Gasteiger partial charge is 0.460 e. The molecule has 5 fully saturated rings. The van der Waals surface area contributed by atoms with Gasteiger partial charge in [-0.3, -0.25) is 0 Å². The molecule has 0 aromatic rings. The van der Waals surface area contributed by atoms with Crippen LogP contribution in [-0.4, -0.2) is 67.4 Å². The highest BCUT2D eigenvalue weighted by atomic mass is 16.9. The fourth-order valence-electron chi connectivity index (χ4n) is 4.39. The summed E-state index contributed by atoms with van der Waals surface area (Å²) in [5.41, 5.74) is 0.216. The van der Waals surface area contributed by atoms with Gasteiger partial charge in [0.1, 0.15) is 31.0 Å². The second kappa shape index (κ2) is 7.02. The molecule has 9 nitrogen and oxygen atoms in total. The number of hydrogen-bond acceptors (Lipinski definition) is 9. The van der Waals surface area contributed by atoms with Gasteiger partial charge in [-0.05, 0) is 19.8 Å². The van der Waals surface area contributed by atoms with E-state index in [0.29, 0.717) is 0 Å². The van der Waals surface area contributed by atoms with Crippen molar-refractivity contribution < 1.29 is 42.7 Å². The molecule has 0 unspecified atom stereocenters. The monoisotopic (exact) mass is 410 g/mol. The molecule has 2 saturated carbocycles. The van der Waals surface area contributed by atoms with Crippen molar-refractivity contribution in [3.05, 3.63) is 12.2 Å². The number of carbonyl (C=O) groups is 2. The normalized spacial score (nSPS) is 37.9. The fourth-order valence-corrected chi connectivity index (χ4v) is 4.39. The molecule has 0 bridgehead atoms. The number of ether oxygens (including phenoxy) is 7. The highest BCUT2D eigenvalue weighted by Gasteiger charge is 2.65. The van der Waals surface area contributed by atoms with Crippen LogP contribution in [0.15, 0.2) is 12.2 Å². The Balaban J connectivity index is 1.23. The van der Waals surface area contributed by atoms with Crippen molar-refractivity contribution in [3.63, 3.8) is 0 Å². The predicted octanol–water partition coefficient (Wildman–Crippen LogP) is 1.33. The number of hydrogen-bond donors (Lipinski definition) is 0. The lowest BCUT2D eigenvalue weighted by Gasteiger charge is -2.37. The first-order valence-corrected chi connectivity index (χ1v) is 10.2. The van der Waals surface area contributed by atoms with Crippen molar-refractivity contribution in [1.29, 1.82) is 0 Å². The van der Waals surface area contributed by atoms with E-state index in [4.69, 9.17) is 33.2 Å². The lowest BCUT2D eigenvalue weighted by molar-refractivity contribution is -0.270. The first kappa shape index (κ1) is 19.4. The Kier molecular flexibility index (Phi) is 4.71. The molecule has 0 radical (unpaired) electrons. The Labute approximate surface area is 168 Å². The van der Waals surface area contributed by atoms with Crippen molar-refractivity contribution in [1.82, 2.24) is 0 Å². The second-order valence-corrected chi connectivity index (χ2v) is 8.48. The van der Waals surface area contributed by atoms with Crippen LogP contribution >= 0.6 is 0 Å². The fraction of sp³-hybridized carbons (Fsp3) is 0.800. The molecule has 9 heteroatoms. The Morgan fingerprint density at radius 2 is 1.55 bits per heavy atom. The van der Waals surface area contributed by atoms with Crippen LogP contribution in [0.5, 0.6) is 0 Å². The Hall–Kier alpha value is -1.52. The first-order chi connectivity index (χ1) is 13.9. The van der Waals surface area contributed by atoms with Gasteiger partial charge >= 0.3 is 11.9 Å². The van der Waals surface area contributed by atoms with Crippen molar-refractivity contribution in [2.75, 3.05) is 13.2 Å². The maximum Gasteiger partial charge on any atom is 0.344 e. The van der Waals surface area contributed by atoms with Crippen molar-refractivity contribution in [2.45, 2.75) is 87.7 Å². The van der Waals surface area contributed by atoms with Gasteiger partial charge < -0.3 is 33.2 Å². The minimum absolute atomic E-state index is 0.0519. The smallest absolute Gasteiger partial charge is 0.344 e. The van der Waals surface area contributed by atoms with Crippen molar-refractivity contribution >= 4 is 11.9 Å². The summed E-state index contributed by atoms with van der Waals surface area (Å²) in [7, 11) is 0. The topological polar surface area (TPSA) is 98.8 Å². The van der Waals surface area contributed by atoms with E-state index in [1.807, 2.05) is 0 Å². The van der Waals surface area contributed by atoms with Gasteiger partial charge in [-0.2, -0.15) is 0 Å². The molecule has 0 amide bonds. The average molecular weight is 410 g/mol. The van der Waals surface area contributed by atoms with E-state index in [1.165, 1.54) is 6.92 Å². The maximum absolute atomic E-state index is 12.0. The van der Waals surface area contributed by atoms with Crippen LogP contribution in [0.3, 0.4) is 0 Å². The van der Waals surface area contributed by atoms with Crippen LogP contribution in [0.25, 0.3) is 0 Å². The summed E-state index contributed by atoms with van der Waals surface area (Å²) in [5, 5.41) is 0. The quantitative estimate of drug-likeness (QED) is 0.491. The first-order valence-electron chi connectivity index (χ1n) is 10.2. The highest BCUT2D eigenvalue weighted by molar-refractivity contribution is 5.88. The zero-order valence-corrected chi connectivity index (χ0v) is 16.4. The van der Waals surface area contributed by atoms with E-state index in [0.717, 1.165) is 38.5 Å². The Bertz CT molecular complexity index is 711. The summed E-state index contributed by atoms with van der Waals surface area (Å²) in [5.74, 6) is -2.48. The molecule has 3 saturated heterocycles. The van der Waals surface area contributed by atoms with E-state index in [9.17, 15) is 9.59 Å². The third kappa shape index (κ3) is 3.38. The van der Waals surface area contributed by atoms with E-state index in [1.54, 1.807) is 0 Å². The van der Waals surface area contributed by atoms with Crippen molar-refractivity contribution in [2.24, 2.45) is 0 Å². The van der Waals surface area contributed by atoms with Gasteiger partial charge in [0.05, 0.1) is 0 Å². The van der Waals surface area contributed by atoms with Crippen molar-refractivity contribution in [3.8, 4) is 0 Å². The summed E-state index contributed by atoms with van der Waals surface area (Å²) < 4.78 is 40.9. The van der Waals surface area contributed by atoms with Gasteiger partial charge in [-0.25, -0.2) is 9.59 Å². The van der Waals surface area contributed by atoms with E-state index >= 15 is 0 Å². The van der Waals surface area contributed by atoms with Crippen LogP contribution in [0.4, 0.5) is 0 Å². The molecule has 3 heterocycles. The summed E-state index contributed by atoms with van der Waals surface area (Å²) >= 11 is 0. The molecular weight excluding hydrogens is 384 g/mol. The summed E-state index contributed by atoms with van der Waals surface area (Å²) in [4.78, 5) is 23.4. The molecule has 29 heavy (non-hydrogen) atoms. The van der Waals surface area contributed by atoms with E-state index < -0.39 is 48.6 Å². The zero-order valence-electron chi connectivity index (χ0n) is 16.4. The van der Waals surface area contributed by atoms with E-state index in [2.05, 4.69) is 6.58 Å². The van der Waals surface area contributed by atoms with Crippen LogP contribution in [0.2, 0.25) is 0 Å². The minimum atomic E-state index is -0.668. The zero-order chi connectivity index (χ0) is 20.2. The van der Waals surface area contributed by atoms with Gasteiger partial charge in [0, 0.05) is 31.3 Å². The number of fused-ring (bicyclic) bond motifs is 3. The number of esters is 2. The molecule has 3 aliphatic heterocycles. The summed E-state index contributed by atoms with van der Waals surface area (Å²) in [6, 6.07) is 0. The number of rotatable bonds is 5. The molecule has 160 valence electrons. The van der Waals surface area contributed by atoms with Crippen LogP contribution in [0.1, 0.15) is 45.4 Å². The third-order valence-electron chi connectivity index (χ3n) is 6.28. The molecule has 0 aromatic heterocycles. The second-order valence-electron chi connectivity index (χ2n) is 8.48. The molecule has 5 atom stereocenters. The third-order valence-corrected chi connectivity index (χ3v) is 6.28. The van der Waals surface area contributed by atoms with Crippen LogP contribution in [0, 0.1) is 0 Å². The Morgan fingerprint density at radius 3 is 2.17 bits per heavy atom. The van der Waals surface area contributed by atoms with E-state index in [-0.39, 0.29) is 24.4 Å². The molecule has 0 aromatic carbocycles. The molecule has 2 aliphatic carbocycles. The predicted molar refractivity (Wildman–Crippen MR) is 94.3 cm³/mol. The molecule has 5 aliphatic rings. The van der Waals surface area contributed by atoms with Gasteiger partial charge in [-0.1, -0.05) is 6.58 Å². The molecular formula is C20H26O9. The van der Waals surface area contributed by atoms with Gasteiger partial charge in [0.2, 0.25) is 0 Å². The van der Waals surface area contributed by atoms with Gasteiger partial charge in [-0.15, -0.1) is 0 Å². The average Bonchev–Trinajstić information content (AvgIpc) is 3.22. The Morgan fingerprint density at radius 1 is 0.931 bits per heavy atom. The van der Waals surface area contributed by atoms with Crippen LogP contribution < -0.4 is 0 Å². The molecule has 5 rings (SSSR count). The standard InChI is InChI=1S/C20H26O9/c1-11(2)17(22)24-10-13(21)23-9-12-14-15(27-19(26-14)5-3-6-19)16-18(25-12)29-20(28-16)7-4-8-20/h12,14-16,18H,1,3-10H2,2H3/t12-,14+,15+,16-,18+/m1/s1. The summed E-state index contributed by atoms with van der Waals surface area (Å²) in [6.07, 6.45) is 3.17.